The minimum Gasteiger partial charge on any atom is -0.494 e. The highest BCUT2D eigenvalue weighted by Crippen LogP contribution is 2.13. The molecule has 22 heavy (non-hydrogen) atoms. The van der Waals surface area contributed by atoms with E-state index < -0.39 is 5.60 Å². The van der Waals surface area contributed by atoms with Crippen molar-refractivity contribution in [2.45, 2.75) is 45.6 Å². The second kappa shape index (κ2) is 9.30. The molecule has 0 atom stereocenters. The summed E-state index contributed by atoms with van der Waals surface area (Å²) in [5, 5.41) is 0. The Bertz CT molecular complexity index is 437. The predicted octanol–water partition coefficient (Wildman–Crippen LogP) is 3.18. The van der Waals surface area contributed by atoms with Gasteiger partial charge in [0.05, 0.1) is 6.61 Å². The summed E-state index contributed by atoms with van der Waals surface area (Å²) in [7, 11) is 0. The summed E-state index contributed by atoms with van der Waals surface area (Å²) in [6.07, 6.45) is 2.83. The number of hydrogen-bond donors (Lipinski definition) is 1. The number of nitrogens with two attached hydrogens (primary N) is 1. The van der Waals surface area contributed by atoms with E-state index in [1.165, 1.54) is 0 Å². The van der Waals surface area contributed by atoms with Gasteiger partial charge in [-0.25, -0.2) is 4.79 Å². The number of benzene rings is 1. The van der Waals surface area contributed by atoms with Crippen molar-refractivity contribution < 1.29 is 19.0 Å². The number of ether oxygens (including phenoxy) is 3. The van der Waals surface area contributed by atoms with Gasteiger partial charge in [0, 0.05) is 12.3 Å². The van der Waals surface area contributed by atoms with Crippen molar-refractivity contribution in [2.75, 3.05) is 25.6 Å². The maximum Gasteiger partial charge on any atom is 0.332 e. The van der Waals surface area contributed by atoms with Crippen LogP contribution in [0.15, 0.2) is 24.3 Å². The van der Waals surface area contributed by atoms with E-state index in [-0.39, 0.29) is 12.6 Å². The van der Waals surface area contributed by atoms with Crippen LogP contribution in [0.4, 0.5) is 5.69 Å². The fourth-order valence-electron chi connectivity index (χ4n) is 1.76. The van der Waals surface area contributed by atoms with Gasteiger partial charge < -0.3 is 19.9 Å². The van der Waals surface area contributed by atoms with Gasteiger partial charge in [0.15, 0.2) is 0 Å². The monoisotopic (exact) mass is 309 g/mol. The molecule has 0 amide bonds. The standard InChI is InChI=1S/C17H27NO4/c1-17(2,3)22-16(19)13-20-11-5-4-6-12-21-15-9-7-14(18)8-10-15/h7-10H,4-6,11-13,18H2,1-3H3. The third-order valence-corrected chi connectivity index (χ3v) is 2.72. The first-order chi connectivity index (χ1) is 10.4. The molecule has 0 aliphatic carbocycles. The van der Waals surface area contributed by atoms with Crippen molar-refractivity contribution in [3.63, 3.8) is 0 Å². The van der Waals surface area contributed by atoms with Crippen LogP contribution in [-0.2, 0) is 14.3 Å². The predicted molar refractivity (Wildman–Crippen MR) is 86.9 cm³/mol. The number of carbonyl (C=O) groups excluding carboxylic acids is 1. The topological polar surface area (TPSA) is 70.8 Å². The van der Waals surface area contributed by atoms with Gasteiger partial charge >= 0.3 is 5.97 Å². The molecule has 0 saturated heterocycles. The zero-order valence-electron chi connectivity index (χ0n) is 13.8. The van der Waals surface area contributed by atoms with Crippen molar-refractivity contribution in [3.8, 4) is 5.75 Å². The lowest BCUT2D eigenvalue weighted by molar-refractivity contribution is -0.160. The Morgan fingerprint density at radius 2 is 1.68 bits per heavy atom. The second-order valence-corrected chi connectivity index (χ2v) is 6.12. The van der Waals surface area contributed by atoms with Crippen molar-refractivity contribution in [1.82, 2.24) is 0 Å². The number of nitrogen functional groups attached to an aromatic ring is 1. The van der Waals surface area contributed by atoms with Crippen LogP contribution in [0.2, 0.25) is 0 Å². The summed E-state index contributed by atoms with van der Waals surface area (Å²) in [5.41, 5.74) is 5.87. The summed E-state index contributed by atoms with van der Waals surface area (Å²) in [4.78, 5) is 11.4. The highest BCUT2D eigenvalue weighted by molar-refractivity contribution is 5.71. The van der Waals surface area contributed by atoms with Gasteiger partial charge in [-0.3, -0.25) is 0 Å². The lowest BCUT2D eigenvalue weighted by Gasteiger charge is -2.19. The minimum absolute atomic E-state index is 0.0131. The molecule has 124 valence electrons. The summed E-state index contributed by atoms with van der Waals surface area (Å²) < 4.78 is 16.0. The molecule has 0 unspecified atom stereocenters. The van der Waals surface area contributed by atoms with Crippen LogP contribution in [0.1, 0.15) is 40.0 Å². The van der Waals surface area contributed by atoms with Gasteiger partial charge in [-0.15, -0.1) is 0 Å². The van der Waals surface area contributed by atoms with E-state index in [9.17, 15) is 4.79 Å². The number of carbonyl (C=O) groups is 1. The fraction of sp³-hybridized carbons (Fsp3) is 0.588. The van der Waals surface area contributed by atoms with Gasteiger partial charge in [0.25, 0.3) is 0 Å². The van der Waals surface area contributed by atoms with E-state index in [1.807, 2.05) is 45.0 Å². The lowest BCUT2D eigenvalue weighted by atomic mass is 10.2. The summed E-state index contributed by atoms with van der Waals surface area (Å²) in [5.74, 6) is 0.509. The molecule has 1 aromatic carbocycles. The van der Waals surface area contributed by atoms with Crippen molar-refractivity contribution >= 4 is 11.7 Å². The molecular weight excluding hydrogens is 282 g/mol. The Balaban J connectivity index is 1.95. The molecule has 0 aliphatic rings. The van der Waals surface area contributed by atoms with Crippen molar-refractivity contribution in [2.24, 2.45) is 0 Å². The molecule has 0 aromatic heterocycles. The van der Waals surface area contributed by atoms with E-state index in [0.717, 1.165) is 30.7 Å². The van der Waals surface area contributed by atoms with E-state index >= 15 is 0 Å². The van der Waals surface area contributed by atoms with E-state index in [1.54, 1.807) is 0 Å². The van der Waals surface area contributed by atoms with E-state index in [0.29, 0.717) is 13.2 Å². The molecule has 0 bridgehead atoms. The first kappa shape index (κ1) is 18.3. The average Bonchev–Trinajstić information content (AvgIpc) is 2.42. The van der Waals surface area contributed by atoms with E-state index in [2.05, 4.69) is 0 Å². The Kier molecular flexibility index (Phi) is 7.74. The number of esters is 1. The fourth-order valence-corrected chi connectivity index (χ4v) is 1.76. The zero-order valence-corrected chi connectivity index (χ0v) is 13.8. The lowest BCUT2D eigenvalue weighted by Crippen LogP contribution is -2.26. The number of anilines is 1. The Hall–Kier alpha value is -1.75. The highest BCUT2D eigenvalue weighted by atomic mass is 16.6. The van der Waals surface area contributed by atoms with E-state index in [4.69, 9.17) is 19.9 Å². The van der Waals surface area contributed by atoms with Crippen LogP contribution in [0.5, 0.6) is 5.75 Å². The van der Waals surface area contributed by atoms with Crippen LogP contribution < -0.4 is 10.5 Å². The molecule has 1 aromatic rings. The zero-order chi connectivity index (χ0) is 16.4. The minimum atomic E-state index is -0.458. The largest absolute Gasteiger partial charge is 0.494 e. The first-order valence-corrected chi connectivity index (χ1v) is 7.65. The number of hydrogen-bond acceptors (Lipinski definition) is 5. The summed E-state index contributed by atoms with van der Waals surface area (Å²) in [6, 6.07) is 7.36. The molecule has 2 N–H and O–H groups in total. The van der Waals surface area contributed by atoms with Crippen molar-refractivity contribution in [1.29, 1.82) is 0 Å². The average molecular weight is 309 g/mol. The van der Waals surface area contributed by atoms with Gasteiger partial charge in [-0.05, 0) is 64.3 Å². The molecule has 5 nitrogen and oxygen atoms in total. The normalized spacial score (nSPS) is 11.2. The highest BCUT2D eigenvalue weighted by Gasteiger charge is 2.15. The third-order valence-electron chi connectivity index (χ3n) is 2.72. The summed E-state index contributed by atoms with van der Waals surface area (Å²) in [6.45, 7) is 6.75. The third kappa shape index (κ3) is 9.23. The maximum absolute atomic E-state index is 11.4. The molecule has 0 heterocycles. The van der Waals surface area contributed by atoms with Crippen LogP contribution >= 0.6 is 0 Å². The molecule has 1 rings (SSSR count). The van der Waals surface area contributed by atoms with Gasteiger partial charge in [0.2, 0.25) is 0 Å². The Labute approximate surface area is 132 Å². The second-order valence-electron chi connectivity index (χ2n) is 6.12. The van der Waals surface area contributed by atoms with Crippen molar-refractivity contribution in [3.05, 3.63) is 24.3 Å². The van der Waals surface area contributed by atoms with Crippen LogP contribution in [0.3, 0.4) is 0 Å². The quantitative estimate of drug-likeness (QED) is 0.431. The Morgan fingerprint density at radius 3 is 2.32 bits per heavy atom. The molecule has 0 spiro atoms. The number of unbranched alkanes of at least 4 members (excludes halogenated alkanes) is 2. The molecule has 0 aliphatic heterocycles. The smallest absolute Gasteiger partial charge is 0.332 e. The Morgan fingerprint density at radius 1 is 1.05 bits per heavy atom. The van der Waals surface area contributed by atoms with Crippen LogP contribution in [0, 0.1) is 0 Å². The van der Waals surface area contributed by atoms with Crippen LogP contribution in [-0.4, -0.2) is 31.4 Å². The maximum atomic E-state index is 11.4. The number of rotatable bonds is 9. The molecular formula is C17H27NO4. The molecule has 0 saturated carbocycles. The first-order valence-electron chi connectivity index (χ1n) is 7.65. The van der Waals surface area contributed by atoms with Crippen LogP contribution in [0.25, 0.3) is 0 Å². The van der Waals surface area contributed by atoms with Gasteiger partial charge in [-0.2, -0.15) is 0 Å². The summed E-state index contributed by atoms with van der Waals surface area (Å²) >= 11 is 0. The molecule has 0 fully saturated rings. The van der Waals surface area contributed by atoms with Gasteiger partial charge in [-0.1, -0.05) is 0 Å². The molecule has 5 heteroatoms. The van der Waals surface area contributed by atoms with Gasteiger partial charge in [0.1, 0.15) is 18.0 Å². The SMILES string of the molecule is CC(C)(C)OC(=O)COCCCCCOc1ccc(N)cc1. The molecule has 0 radical (unpaired) electrons.